The van der Waals surface area contributed by atoms with Crippen LogP contribution >= 0.6 is 0 Å². The van der Waals surface area contributed by atoms with Crippen LogP contribution in [-0.2, 0) is 22.5 Å². The molecule has 8 nitrogen and oxygen atoms in total. The highest BCUT2D eigenvalue weighted by molar-refractivity contribution is 5.87. The molecule has 0 spiro atoms. The number of nitrogens with zero attached hydrogens (tertiary/aromatic N) is 3. The lowest BCUT2D eigenvalue weighted by atomic mass is 10.0. The first-order valence-electron chi connectivity index (χ1n) is 10.8. The SMILES string of the molecule is CCCCOc1nc(N)c2[nH]cc(Cc3ccc(CN4CCC(OC=O)C4)cc3)c2n1. The lowest BCUT2D eigenvalue weighted by Gasteiger charge is -2.15. The number of unbranched alkanes of at least 4 members (excludes halogenated alkanes) is 1. The Bertz CT molecular complexity index is 1020. The molecule has 31 heavy (non-hydrogen) atoms. The molecule has 1 fully saturated rings. The van der Waals surface area contributed by atoms with Gasteiger partial charge in [-0.2, -0.15) is 9.97 Å². The van der Waals surface area contributed by atoms with E-state index < -0.39 is 0 Å². The largest absolute Gasteiger partial charge is 0.463 e. The van der Waals surface area contributed by atoms with Gasteiger partial charge in [-0.3, -0.25) is 9.69 Å². The van der Waals surface area contributed by atoms with Gasteiger partial charge < -0.3 is 20.2 Å². The third-order valence-corrected chi connectivity index (χ3v) is 5.64. The first-order valence-corrected chi connectivity index (χ1v) is 10.8. The molecule has 0 saturated carbocycles. The highest BCUT2D eigenvalue weighted by Crippen LogP contribution is 2.25. The molecule has 1 saturated heterocycles. The summed E-state index contributed by atoms with van der Waals surface area (Å²) in [5.74, 6) is 0.403. The molecule has 8 heteroatoms. The maximum atomic E-state index is 10.5. The molecular weight excluding hydrogens is 394 g/mol. The van der Waals surface area contributed by atoms with E-state index in [0.29, 0.717) is 24.9 Å². The summed E-state index contributed by atoms with van der Waals surface area (Å²) in [7, 11) is 0. The summed E-state index contributed by atoms with van der Waals surface area (Å²) in [5.41, 5.74) is 11.1. The summed E-state index contributed by atoms with van der Waals surface area (Å²) in [6, 6.07) is 8.93. The van der Waals surface area contributed by atoms with Gasteiger partial charge in [0.1, 0.15) is 17.1 Å². The Hall–Kier alpha value is -3.13. The first-order chi connectivity index (χ1) is 15.2. The molecule has 1 aromatic carbocycles. The molecule has 1 aliphatic rings. The Morgan fingerprint density at radius 2 is 2.06 bits per heavy atom. The number of likely N-dealkylation sites (tertiary alicyclic amines) is 1. The van der Waals surface area contributed by atoms with E-state index in [2.05, 4.69) is 51.0 Å². The van der Waals surface area contributed by atoms with Crippen molar-refractivity contribution in [1.82, 2.24) is 19.9 Å². The Kier molecular flexibility index (Phi) is 6.66. The van der Waals surface area contributed by atoms with Gasteiger partial charge in [-0.05, 0) is 24.0 Å². The van der Waals surface area contributed by atoms with E-state index in [1.165, 1.54) is 11.1 Å². The molecule has 0 aliphatic carbocycles. The molecule has 1 atom stereocenters. The summed E-state index contributed by atoms with van der Waals surface area (Å²) >= 11 is 0. The fourth-order valence-corrected chi connectivity index (χ4v) is 3.94. The molecule has 164 valence electrons. The van der Waals surface area contributed by atoms with E-state index in [0.717, 1.165) is 61.9 Å². The van der Waals surface area contributed by atoms with Crippen molar-refractivity contribution in [1.29, 1.82) is 0 Å². The van der Waals surface area contributed by atoms with Crippen LogP contribution in [0.3, 0.4) is 0 Å². The zero-order valence-corrected chi connectivity index (χ0v) is 17.8. The summed E-state index contributed by atoms with van der Waals surface area (Å²) in [6.45, 7) is 5.84. The third kappa shape index (κ3) is 5.14. The summed E-state index contributed by atoms with van der Waals surface area (Å²) in [6.07, 6.45) is 5.60. The molecule has 1 unspecified atom stereocenters. The number of H-pyrrole nitrogens is 1. The van der Waals surface area contributed by atoms with Crippen LogP contribution in [0.2, 0.25) is 0 Å². The van der Waals surface area contributed by atoms with E-state index in [1.807, 2.05) is 6.20 Å². The fourth-order valence-electron chi connectivity index (χ4n) is 3.94. The normalized spacial score (nSPS) is 16.6. The average molecular weight is 424 g/mol. The minimum atomic E-state index is 0.0175. The van der Waals surface area contributed by atoms with E-state index in [4.69, 9.17) is 15.2 Å². The van der Waals surface area contributed by atoms with E-state index in [-0.39, 0.29) is 6.10 Å². The van der Waals surface area contributed by atoms with Crippen molar-refractivity contribution in [3.63, 3.8) is 0 Å². The predicted molar refractivity (Wildman–Crippen MR) is 119 cm³/mol. The zero-order chi connectivity index (χ0) is 21.6. The average Bonchev–Trinajstić information content (AvgIpc) is 3.37. The number of aromatic amines is 1. The lowest BCUT2D eigenvalue weighted by molar-refractivity contribution is -0.132. The van der Waals surface area contributed by atoms with E-state index in [9.17, 15) is 4.79 Å². The monoisotopic (exact) mass is 423 g/mol. The van der Waals surface area contributed by atoms with Crippen molar-refractivity contribution in [2.45, 2.75) is 45.3 Å². The number of benzene rings is 1. The minimum absolute atomic E-state index is 0.0175. The van der Waals surface area contributed by atoms with Crippen LogP contribution in [0.1, 0.15) is 42.9 Å². The second-order valence-corrected chi connectivity index (χ2v) is 8.00. The number of fused-ring (bicyclic) bond motifs is 1. The quantitative estimate of drug-likeness (QED) is 0.381. The van der Waals surface area contributed by atoms with Crippen molar-refractivity contribution < 1.29 is 14.3 Å². The topological polar surface area (TPSA) is 106 Å². The van der Waals surface area contributed by atoms with Crippen LogP contribution in [-0.4, -0.2) is 52.1 Å². The van der Waals surface area contributed by atoms with Gasteiger partial charge in [0.05, 0.1) is 6.61 Å². The van der Waals surface area contributed by atoms with E-state index >= 15 is 0 Å². The molecule has 3 N–H and O–H groups in total. The Balaban J connectivity index is 1.42. The van der Waals surface area contributed by atoms with E-state index in [1.54, 1.807) is 0 Å². The molecule has 2 aromatic heterocycles. The number of anilines is 1. The number of hydrogen-bond donors (Lipinski definition) is 2. The highest BCUT2D eigenvalue weighted by atomic mass is 16.5. The van der Waals surface area contributed by atoms with Gasteiger partial charge in [0.25, 0.3) is 6.47 Å². The first kappa shape index (κ1) is 21.1. The van der Waals surface area contributed by atoms with Crippen molar-refractivity contribution in [2.75, 3.05) is 25.4 Å². The lowest BCUT2D eigenvalue weighted by Crippen LogP contribution is -2.22. The van der Waals surface area contributed by atoms with Crippen molar-refractivity contribution in [3.8, 4) is 6.01 Å². The number of hydrogen-bond acceptors (Lipinski definition) is 7. The number of nitrogens with two attached hydrogens (primary N) is 1. The maximum Gasteiger partial charge on any atom is 0.319 e. The van der Waals surface area contributed by atoms with Crippen LogP contribution in [0.5, 0.6) is 6.01 Å². The van der Waals surface area contributed by atoms with Gasteiger partial charge in [-0.1, -0.05) is 37.6 Å². The van der Waals surface area contributed by atoms with Crippen molar-refractivity contribution in [2.24, 2.45) is 0 Å². The molecule has 3 heterocycles. The number of nitrogen functional groups attached to an aromatic ring is 1. The second-order valence-electron chi connectivity index (χ2n) is 8.00. The standard InChI is InChI=1S/C23H29N5O3/c1-2-3-10-30-23-26-20-18(12-25-21(20)22(24)27-23)11-16-4-6-17(7-5-16)13-28-9-8-19(14-28)31-15-29/h4-7,12,15,19,25H,2-3,8-11,13-14H2,1H3,(H2,24,26,27). The Morgan fingerprint density at radius 3 is 2.84 bits per heavy atom. The zero-order valence-electron chi connectivity index (χ0n) is 17.8. The van der Waals surface area contributed by atoms with Gasteiger partial charge in [-0.25, -0.2) is 0 Å². The fraction of sp³-hybridized carbons (Fsp3) is 0.435. The van der Waals surface area contributed by atoms with Crippen LogP contribution in [0.25, 0.3) is 11.0 Å². The molecule has 0 radical (unpaired) electrons. The van der Waals surface area contributed by atoms with Crippen LogP contribution in [0.15, 0.2) is 30.5 Å². The van der Waals surface area contributed by atoms with Gasteiger partial charge >= 0.3 is 6.01 Å². The predicted octanol–water partition coefficient (Wildman–Crippen LogP) is 3.06. The second kappa shape index (κ2) is 9.78. The highest BCUT2D eigenvalue weighted by Gasteiger charge is 2.23. The molecular formula is C23H29N5O3. The van der Waals surface area contributed by atoms with Gasteiger partial charge in [0.2, 0.25) is 0 Å². The maximum absolute atomic E-state index is 10.5. The van der Waals surface area contributed by atoms with Gasteiger partial charge in [0, 0.05) is 37.8 Å². The number of nitrogens with one attached hydrogen (secondary N) is 1. The van der Waals surface area contributed by atoms with Crippen LogP contribution in [0.4, 0.5) is 5.82 Å². The minimum Gasteiger partial charge on any atom is -0.463 e. The number of ether oxygens (including phenoxy) is 2. The number of rotatable bonds is 10. The summed E-state index contributed by atoms with van der Waals surface area (Å²) in [4.78, 5) is 24.8. The smallest absolute Gasteiger partial charge is 0.319 e. The molecule has 0 bridgehead atoms. The molecule has 1 aliphatic heterocycles. The Morgan fingerprint density at radius 1 is 1.26 bits per heavy atom. The van der Waals surface area contributed by atoms with Gasteiger partial charge in [0.15, 0.2) is 5.82 Å². The number of carbonyl (C=O) groups excluding carboxylic acids is 1. The Labute approximate surface area is 181 Å². The molecule has 0 amide bonds. The van der Waals surface area contributed by atoms with Crippen molar-refractivity contribution in [3.05, 3.63) is 47.2 Å². The molecule has 4 rings (SSSR count). The summed E-state index contributed by atoms with van der Waals surface area (Å²) < 4.78 is 10.7. The number of aromatic nitrogens is 3. The van der Waals surface area contributed by atoms with Gasteiger partial charge in [-0.15, -0.1) is 0 Å². The summed E-state index contributed by atoms with van der Waals surface area (Å²) in [5, 5.41) is 0. The van der Waals surface area contributed by atoms with Crippen LogP contribution < -0.4 is 10.5 Å². The van der Waals surface area contributed by atoms with Crippen LogP contribution in [0, 0.1) is 0 Å². The number of carbonyl (C=O) groups is 1. The molecule has 3 aromatic rings. The third-order valence-electron chi connectivity index (χ3n) is 5.64. The van der Waals surface area contributed by atoms with Crippen molar-refractivity contribution >= 4 is 23.3 Å².